The zero-order valence-corrected chi connectivity index (χ0v) is 8.43. The Kier molecular flexibility index (Phi) is 2.26. The normalized spacial score (nSPS) is 15.2. The van der Waals surface area contributed by atoms with Crippen LogP contribution in [0.2, 0.25) is 5.02 Å². The van der Waals surface area contributed by atoms with E-state index in [4.69, 9.17) is 17.0 Å². The summed E-state index contributed by atoms with van der Waals surface area (Å²) >= 11 is 5.89. The summed E-state index contributed by atoms with van der Waals surface area (Å²) in [6.45, 7) is 3.82. The second-order valence-corrected chi connectivity index (χ2v) is 3.79. The Labute approximate surface area is 88.2 Å². The van der Waals surface area contributed by atoms with Crippen molar-refractivity contribution < 1.29 is 0 Å². The van der Waals surface area contributed by atoms with Crippen LogP contribution in [-0.4, -0.2) is 5.71 Å². The van der Waals surface area contributed by atoms with Crippen LogP contribution in [0.5, 0.6) is 0 Å². The van der Waals surface area contributed by atoms with E-state index in [-0.39, 0.29) is 0 Å². The topological polar surface area (TPSA) is 23.9 Å². The first kappa shape index (κ1) is 9.22. The first-order valence-corrected chi connectivity index (χ1v) is 4.78. The lowest BCUT2D eigenvalue weighted by Gasteiger charge is -2.04. The van der Waals surface area contributed by atoms with Crippen LogP contribution in [0.1, 0.15) is 11.1 Å². The molecule has 0 bridgehead atoms. The number of benzene rings is 1. The molecule has 0 unspecified atom stereocenters. The molecule has 0 radical (unpaired) electrons. The van der Waals surface area contributed by atoms with Crippen LogP contribution in [0.25, 0.3) is 6.08 Å². The average Bonchev–Trinajstić information content (AvgIpc) is 2.29. The maximum Gasteiger partial charge on any atom is 0.0424 e. The summed E-state index contributed by atoms with van der Waals surface area (Å²) in [5.41, 5.74) is 3.56. The van der Waals surface area contributed by atoms with Crippen LogP contribution >= 0.6 is 11.6 Å². The van der Waals surface area contributed by atoms with Gasteiger partial charge in [0.25, 0.3) is 0 Å². The first-order valence-electron chi connectivity index (χ1n) is 4.40. The Morgan fingerprint density at radius 2 is 2.07 bits per heavy atom. The third kappa shape index (κ3) is 1.64. The van der Waals surface area contributed by atoms with Crippen molar-refractivity contribution in [1.82, 2.24) is 0 Å². The van der Waals surface area contributed by atoms with Crippen molar-refractivity contribution in [2.45, 2.75) is 6.42 Å². The quantitative estimate of drug-likeness (QED) is 0.668. The summed E-state index contributed by atoms with van der Waals surface area (Å²) in [5, 5.41) is 8.46. The third-order valence-electron chi connectivity index (χ3n) is 2.33. The zero-order chi connectivity index (χ0) is 10.1. The van der Waals surface area contributed by atoms with E-state index in [1.54, 1.807) is 0 Å². The Balaban J connectivity index is 2.53. The Morgan fingerprint density at radius 1 is 1.29 bits per heavy atom. The van der Waals surface area contributed by atoms with Gasteiger partial charge in [0.1, 0.15) is 0 Å². The minimum Gasteiger partial charge on any atom is -0.304 e. The molecule has 2 rings (SSSR count). The van der Waals surface area contributed by atoms with Gasteiger partial charge in [0.05, 0.1) is 0 Å². The summed E-state index contributed by atoms with van der Waals surface area (Å²) in [5.74, 6) is 0. The standard InChI is InChI=1S/C12H10ClN/c1-8-2-3-9-6-11(13)5-4-10(9)7-12(8)14/h2-6,14H,1,7H2. The SMILES string of the molecule is C=C1C=Cc2cc(Cl)ccc2CC1=N. The van der Waals surface area contributed by atoms with E-state index in [2.05, 4.69) is 6.58 Å². The molecule has 1 aromatic carbocycles. The molecule has 0 aromatic heterocycles. The van der Waals surface area contributed by atoms with Crippen molar-refractivity contribution in [2.75, 3.05) is 0 Å². The van der Waals surface area contributed by atoms with Gasteiger partial charge in [-0.25, -0.2) is 0 Å². The summed E-state index contributed by atoms with van der Waals surface area (Å²) in [4.78, 5) is 0. The molecule has 0 saturated carbocycles. The monoisotopic (exact) mass is 203 g/mol. The fourth-order valence-electron chi connectivity index (χ4n) is 1.48. The van der Waals surface area contributed by atoms with E-state index in [9.17, 15) is 0 Å². The van der Waals surface area contributed by atoms with Gasteiger partial charge in [0, 0.05) is 17.2 Å². The molecule has 0 fully saturated rings. The molecule has 0 atom stereocenters. The van der Waals surface area contributed by atoms with Crippen molar-refractivity contribution in [2.24, 2.45) is 0 Å². The van der Waals surface area contributed by atoms with E-state index in [0.29, 0.717) is 12.1 Å². The number of rotatable bonds is 0. The maximum atomic E-state index is 7.74. The highest BCUT2D eigenvalue weighted by Crippen LogP contribution is 2.22. The zero-order valence-electron chi connectivity index (χ0n) is 7.68. The molecule has 0 aliphatic heterocycles. The predicted molar refractivity (Wildman–Crippen MR) is 61.1 cm³/mol. The fraction of sp³-hybridized carbons (Fsp3) is 0.0833. The summed E-state index contributed by atoms with van der Waals surface area (Å²) in [6.07, 6.45) is 4.47. The molecule has 0 amide bonds. The lowest BCUT2D eigenvalue weighted by molar-refractivity contribution is 1.28. The highest BCUT2D eigenvalue weighted by atomic mass is 35.5. The van der Waals surface area contributed by atoms with Crippen molar-refractivity contribution >= 4 is 23.4 Å². The minimum atomic E-state index is 0.572. The molecular weight excluding hydrogens is 194 g/mol. The number of halogens is 1. The highest BCUT2D eigenvalue weighted by molar-refractivity contribution is 6.30. The number of nitrogens with one attached hydrogen (secondary N) is 1. The van der Waals surface area contributed by atoms with Crippen LogP contribution in [0, 0.1) is 5.41 Å². The van der Waals surface area contributed by atoms with Crippen molar-refractivity contribution in [1.29, 1.82) is 5.41 Å². The van der Waals surface area contributed by atoms with Crippen LogP contribution in [-0.2, 0) is 6.42 Å². The van der Waals surface area contributed by atoms with Gasteiger partial charge in [-0.1, -0.05) is 36.4 Å². The number of fused-ring (bicyclic) bond motifs is 1. The highest BCUT2D eigenvalue weighted by Gasteiger charge is 2.09. The largest absolute Gasteiger partial charge is 0.304 e. The van der Waals surface area contributed by atoms with E-state index < -0.39 is 0 Å². The molecule has 1 N–H and O–H groups in total. The molecule has 0 saturated heterocycles. The molecule has 0 spiro atoms. The molecule has 1 aromatic rings. The van der Waals surface area contributed by atoms with E-state index in [0.717, 1.165) is 21.7 Å². The molecule has 1 aliphatic rings. The second kappa shape index (κ2) is 3.43. The Bertz CT molecular complexity index is 444. The second-order valence-electron chi connectivity index (χ2n) is 3.36. The van der Waals surface area contributed by atoms with Gasteiger partial charge in [-0.3, -0.25) is 0 Å². The molecule has 1 nitrogen and oxygen atoms in total. The molecule has 2 heteroatoms. The van der Waals surface area contributed by atoms with Gasteiger partial charge < -0.3 is 5.41 Å². The Hall–Kier alpha value is -1.34. The van der Waals surface area contributed by atoms with E-state index in [1.807, 2.05) is 30.4 Å². The minimum absolute atomic E-state index is 0.572. The smallest absolute Gasteiger partial charge is 0.0424 e. The van der Waals surface area contributed by atoms with E-state index >= 15 is 0 Å². The number of allylic oxidation sites excluding steroid dienone is 2. The van der Waals surface area contributed by atoms with E-state index in [1.165, 1.54) is 0 Å². The van der Waals surface area contributed by atoms with Crippen LogP contribution < -0.4 is 0 Å². The van der Waals surface area contributed by atoms with Crippen molar-refractivity contribution in [3.05, 3.63) is 52.6 Å². The number of hydrogen-bond acceptors (Lipinski definition) is 1. The van der Waals surface area contributed by atoms with Crippen molar-refractivity contribution in [3.63, 3.8) is 0 Å². The van der Waals surface area contributed by atoms with Gasteiger partial charge in [-0.05, 0) is 28.8 Å². The summed E-state index contributed by atoms with van der Waals surface area (Å²) in [6, 6.07) is 5.74. The van der Waals surface area contributed by atoms with Gasteiger partial charge >= 0.3 is 0 Å². The maximum absolute atomic E-state index is 7.74. The third-order valence-corrected chi connectivity index (χ3v) is 2.56. The van der Waals surface area contributed by atoms with Gasteiger partial charge in [-0.15, -0.1) is 0 Å². The lowest BCUT2D eigenvalue weighted by atomic mass is 10.0. The fourth-order valence-corrected chi connectivity index (χ4v) is 1.66. The van der Waals surface area contributed by atoms with Crippen LogP contribution in [0.15, 0.2) is 36.4 Å². The molecule has 1 aliphatic carbocycles. The molecule has 70 valence electrons. The van der Waals surface area contributed by atoms with Gasteiger partial charge in [-0.2, -0.15) is 0 Å². The molecule has 0 heterocycles. The van der Waals surface area contributed by atoms with Gasteiger partial charge in [0.15, 0.2) is 0 Å². The van der Waals surface area contributed by atoms with Crippen LogP contribution in [0.4, 0.5) is 0 Å². The predicted octanol–water partition coefficient (Wildman–Crippen LogP) is 3.49. The van der Waals surface area contributed by atoms with Gasteiger partial charge in [0.2, 0.25) is 0 Å². The summed E-state index contributed by atoms with van der Waals surface area (Å²) < 4.78 is 0. The number of hydrogen-bond donors (Lipinski definition) is 1. The van der Waals surface area contributed by atoms with Crippen molar-refractivity contribution in [3.8, 4) is 0 Å². The average molecular weight is 204 g/mol. The molecular formula is C12H10ClN. The first-order chi connectivity index (χ1) is 6.66. The Morgan fingerprint density at radius 3 is 2.86 bits per heavy atom. The summed E-state index contributed by atoms with van der Waals surface area (Å²) in [7, 11) is 0. The molecule has 14 heavy (non-hydrogen) atoms. The van der Waals surface area contributed by atoms with Crippen LogP contribution in [0.3, 0.4) is 0 Å². The lowest BCUT2D eigenvalue weighted by Crippen LogP contribution is -2.01.